The van der Waals surface area contributed by atoms with Gasteiger partial charge in [0.1, 0.15) is 17.4 Å². The molecule has 24 heavy (non-hydrogen) atoms. The molecule has 0 bridgehead atoms. The second-order valence-electron chi connectivity index (χ2n) is 4.97. The number of amides is 1. The lowest BCUT2D eigenvalue weighted by Gasteiger charge is -2.21. The van der Waals surface area contributed by atoms with Gasteiger partial charge in [0, 0.05) is 18.8 Å². The Morgan fingerprint density at radius 2 is 1.96 bits per heavy atom. The van der Waals surface area contributed by atoms with E-state index in [0.29, 0.717) is 11.4 Å². The first-order valence-corrected chi connectivity index (χ1v) is 7.22. The molecule has 0 aliphatic rings. The number of furan rings is 1. The molecule has 0 saturated heterocycles. The van der Waals surface area contributed by atoms with Crippen LogP contribution in [-0.2, 0) is 14.3 Å². The highest BCUT2D eigenvalue weighted by atomic mass is 16.5. The molecule has 1 amide bonds. The van der Waals surface area contributed by atoms with Crippen LogP contribution in [0.2, 0.25) is 0 Å². The number of benzene rings is 1. The largest absolute Gasteiger partial charge is 0.465 e. The first-order chi connectivity index (χ1) is 11.5. The molecule has 0 aliphatic heterocycles. The van der Waals surface area contributed by atoms with Crippen molar-refractivity contribution in [2.45, 2.75) is 13.0 Å². The zero-order valence-corrected chi connectivity index (χ0v) is 13.3. The smallest absolute Gasteiger partial charge is 0.349 e. The molecule has 1 heterocycles. The predicted molar refractivity (Wildman–Crippen MR) is 87.7 cm³/mol. The van der Waals surface area contributed by atoms with Crippen molar-refractivity contribution in [3.63, 3.8) is 0 Å². The number of hydrogen-bond donors (Lipinski definition) is 0. The number of carbonyl (C=O) groups excluding carboxylic acids is 2. The van der Waals surface area contributed by atoms with Crippen molar-refractivity contribution in [3.8, 4) is 6.07 Å². The van der Waals surface area contributed by atoms with Crippen LogP contribution in [0.5, 0.6) is 0 Å². The first kappa shape index (κ1) is 17.0. The van der Waals surface area contributed by atoms with Gasteiger partial charge in [-0.15, -0.1) is 0 Å². The molecule has 2 rings (SSSR count). The third kappa shape index (κ3) is 4.11. The van der Waals surface area contributed by atoms with Crippen LogP contribution >= 0.6 is 0 Å². The minimum absolute atomic E-state index is 0.244. The minimum Gasteiger partial charge on any atom is -0.465 e. The summed E-state index contributed by atoms with van der Waals surface area (Å²) in [5.41, 5.74) is 0.434. The highest BCUT2D eigenvalue weighted by molar-refractivity contribution is 6.01. The second kappa shape index (κ2) is 7.79. The summed E-state index contributed by atoms with van der Waals surface area (Å²) in [7, 11) is 1.59. The van der Waals surface area contributed by atoms with Crippen molar-refractivity contribution in [1.29, 1.82) is 5.26 Å². The Morgan fingerprint density at radius 1 is 1.25 bits per heavy atom. The van der Waals surface area contributed by atoms with E-state index in [2.05, 4.69) is 0 Å². The Labute approximate surface area is 139 Å². The maximum atomic E-state index is 12.3. The summed E-state index contributed by atoms with van der Waals surface area (Å²) in [5, 5.41) is 9.08. The van der Waals surface area contributed by atoms with Crippen LogP contribution < -0.4 is 4.90 Å². The van der Waals surface area contributed by atoms with Crippen molar-refractivity contribution in [3.05, 3.63) is 60.1 Å². The normalized spacial score (nSPS) is 12.1. The molecule has 0 unspecified atom stereocenters. The summed E-state index contributed by atoms with van der Waals surface area (Å²) in [4.78, 5) is 25.8. The number of nitriles is 1. The van der Waals surface area contributed by atoms with E-state index in [1.54, 1.807) is 49.5 Å². The van der Waals surface area contributed by atoms with Crippen LogP contribution in [0.15, 0.2) is 58.7 Å². The summed E-state index contributed by atoms with van der Waals surface area (Å²) in [6.45, 7) is 1.46. The van der Waals surface area contributed by atoms with Crippen LogP contribution in [-0.4, -0.2) is 25.0 Å². The molecule has 1 atom stereocenters. The fourth-order valence-electron chi connectivity index (χ4n) is 1.98. The van der Waals surface area contributed by atoms with Gasteiger partial charge in [-0.1, -0.05) is 18.2 Å². The van der Waals surface area contributed by atoms with Crippen molar-refractivity contribution in [2.75, 3.05) is 11.9 Å². The quantitative estimate of drug-likeness (QED) is 0.480. The van der Waals surface area contributed by atoms with Gasteiger partial charge in [0.25, 0.3) is 5.91 Å². The fourth-order valence-corrected chi connectivity index (χ4v) is 1.98. The Kier molecular flexibility index (Phi) is 5.53. The molecule has 0 spiro atoms. The molecular weight excluding hydrogens is 308 g/mol. The first-order valence-electron chi connectivity index (χ1n) is 7.22. The number of hydrogen-bond acceptors (Lipinski definition) is 5. The highest BCUT2D eigenvalue weighted by Crippen LogP contribution is 2.14. The van der Waals surface area contributed by atoms with Crippen molar-refractivity contribution in [2.24, 2.45) is 0 Å². The van der Waals surface area contributed by atoms with Crippen molar-refractivity contribution in [1.82, 2.24) is 0 Å². The van der Waals surface area contributed by atoms with Crippen LogP contribution in [0.25, 0.3) is 6.08 Å². The lowest BCUT2D eigenvalue weighted by atomic mass is 10.2. The van der Waals surface area contributed by atoms with E-state index >= 15 is 0 Å². The summed E-state index contributed by atoms with van der Waals surface area (Å²) in [5.74, 6) is -0.926. The summed E-state index contributed by atoms with van der Waals surface area (Å²) in [6, 6.07) is 14.0. The number of carbonyl (C=O) groups is 2. The van der Waals surface area contributed by atoms with Gasteiger partial charge in [0.05, 0.1) is 6.26 Å². The molecule has 122 valence electrons. The number of para-hydroxylation sites is 1. The van der Waals surface area contributed by atoms with E-state index in [4.69, 9.17) is 14.4 Å². The molecular formula is C18H16N2O4. The molecule has 0 radical (unpaired) electrons. The van der Waals surface area contributed by atoms with Gasteiger partial charge in [-0.2, -0.15) is 5.26 Å². The number of ether oxygens (including phenoxy) is 1. The predicted octanol–water partition coefficient (Wildman–Crippen LogP) is 2.78. The Hall–Kier alpha value is -3.33. The lowest BCUT2D eigenvalue weighted by molar-refractivity contribution is -0.149. The maximum absolute atomic E-state index is 12.3. The van der Waals surface area contributed by atoms with E-state index in [1.807, 2.05) is 6.07 Å². The van der Waals surface area contributed by atoms with E-state index in [1.165, 1.54) is 24.2 Å². The number of esters is 1. The SMILES string of the molecule is C[C@H](OC(=O)/C(C#N)=C\c1ccco1)C(=O)N(C)c1ccccc1. The van der Waals surface area contributed by atoms with E-state index < -0.39 is 18.0 Å². The van der Waals surface area contributed by atoms with Gasteiger partial charge in [-0.25, -0.2) is 4.79 Å². The summed E-state index contributed by atoms with van der Waals surface area (Å²) in [6.07, 6.45) is 1.66. The van der Waals surface area contributed by atoms with Crippen LogP contribution in [0.3, 0.4) is 0 Å². The maximum Gasteiger partial charge on any atom is 0.349 e. The van der Waals surface area contributed by atoms with Crippen molar-refractivity contribution >= 4 is 23.6 Å². The molecule has 6 heteroatoms. The molecule has 1 aromatic carbocycles. The Bertz CT molecular complexity index is 773. The third-order valence-electron chi connectivity index (χ3n) is 3.28. The monoisotopic (exact) mass is 324 g/mol. The molecule has 0 fully saturated rings. The summed E-state index contributed by atoms with van der Waals surface area (Å²) >= 11 is 0. The molecule has 1 aromatic heterocycles. The molecule has 6 nitrogen and oxygen atoms in total. The molecule has 0 N–H and O–H groups in total. The van der Waals surface area contributed by atoms with Crippen LogP contribution in [0, 0.1) is 11.3 Å². The average Bonchev–Trinajstić information content (AvgIpc) is 3.12. The molecule has 2 aromatic rings. The second-order valence-corrected chi connectivity index (χ2v) is 4.97. The van der Waals surface area contributed by atoms with E-state index in [-0.39, 0.29) is 5.57 Å². The number of likely N-dealkylation sites (N-methyl/N-ethyl adjacent to an activating group) is 1. The molecule has 0 aliphatic carbocycles. The minimum atomic E-state index is -1.03. The van der Waals surface area contributed by atoms with Gasteiger partial charge < -0.3 is 14.1 Å². The highest BCUT2D eigenvalue weighted by Gasteiger charge is 2.24. The Balaban J connectivity index is 2.05. The van der Waals surface area contributed by atoms with Gasteiger partial charge in [-0.3, -0.25) is 4.79 Å². The zero-order valence-electron chi connectivity index (χ0n) is 13.3. The summed E-state index contributed by atoms with van der Waals surface area (Å²) < 4.78 is 10.1. The topological polar surface area (TPSA) is 83.5 Å². The zero-order chi connectivity index (χ0) is 17.5. The molecule has 0 saturated carbocycles. The number of rotatable bonds is 5. The van der Waals surface area contributed by atoms with Crippen LogP contribution in [0.1, 0.15) is 12.7 Å². The van der Waals surface area contributed by atoms with Crippen molar-refractivity contribution < 1.29 is 18.7 Å². The van der Waals surface area contributed by atoms with E-state index in [9.17, 15) is 9.59 Å². The number of anilines is 1. The van der Waals surface area contributed by atoms with Gasteiger partial charge >= 0.3 is 5.97 Å². The fraction of sp³-hybridized carbons (Fsp3) is 0.167. The van der Waals surface area contributed by atoms with Gasteiger partial charge in [0.15, 0.2) is 6.10 Å². The van der Waals surface area contributed by atoms with E-state index in [0.717, 1.165) is 0 Å². The Morgan fingerprint density at radius 3 is 2.54 bits per heavy atom. The van der Waals surface area contributed by atoms with Crippen LogP contribution in [0.4, 0.5) is 5.69 Å². The average molecular weight is 324 g/mol. The third-order valence-corrected chi connectivity index (χ3v) is 3.28. The van der Waals surface area contributed by atoms with Gasteiger partial charge in [-0.05, 0) is 31.2 Å². The number of nitrogens with zero attached hydrogens (tertiary/aromatic N) is 2. The van der Waals surface area contributed by atoms with Gasteiger partial charge in [0.2, 0.25) is 0 Å². The lowest BCUT2D eigenvalue weighted by Crippen LogP contribution is -2.37. The standard InChI is InChI=1S/C18H16N2O4/c1-13(17(21)20(2)15-7-4-3-5-8-15)24-18(22)14(12-19)11-16-9-6-10-23-16/h3-11,13H,1-2H3/b14-11-/t13-/m0/s1.